The van der Waals surface area contributed by atoms with E-state index in [4.69, 9.17) is 21.1 Å². The molecule has 3 aromatic rings. The van der Waals surface area contributed by atoms with Crippen LogP contribution in [0.25, 0.3) is 11.4 Å². The number of ether oxygens (including phenoxy) is 2. The van der Waals surface area contributed by atoms with Gasteiger partial charge in [0.2, 0.25) is 6.79 Å². The minimum absolute atomic E-state index is 0.269. The zero-order valence-electron chi connectivity index (χ0n) is 11.9. The van der Waals surface area contributed by atoms with Crippen molar-refractivity contribution in [1.82, 2.24) is 9.36 Å². The fourth-order valence-corrected chi connectivity index (χ4v) is 3.84. The predicted molar refractivity (Wildman–Crippen MR) is 92.5 cm³/mol. The van der Waals surface area contributed by atoms with Crippen molar-refractivity contribution in [3.05, 3.63) is 53.1 Å². The Morgan fingerprint density at radius 2 is 1.91 bits per heavy atom. The van der Waals surface area contributed by atoms with Crippen molar-refractivity contribution in [3.8, 4) is 22.9 Å². The van der Waals surface area contributed by atoms with Crippen LogP contribution >= 0.6 is 34.9 Å². The second-order valence-corrected chi connectivity index (χ2v) is 7.28. The highest BCUT2D eigenvalue weighted by Gasteiger charge is 2.16. The summed E-state index contributed by atoms with van der Waals surface area (Å²) in [5.74, 6) is 3.06. The van der Waals surface area contributed by atoms with Crippen LogP contribution in [0.1, 0.15) is 5.56 Å². The third-order valence-corrected chi connectivity index (χ3v) is 5.47. The molecule has 0 amide bonds. The summed E-state index contributed by atoms with van der Waals surface area (Å²) in [6.07, 6.45) is 0. The van der Waals surface area contributed by atoms with Gasteiger partial charge >= 0.3 is 0 Å². The predicted octanol–water partition coefficient (Wildman–Crippen LogP) is 4.88. The minimum atomic E-state index is 0.269. The molecule has 23 heavy (non-hydrogen) atoms. The number of halogens is 1. The third-order valence-electron chi connectivity index (χ3n) is 3.31. The van der Waals surface area contributed by atoms with Gasteiger partial charge in [-0.2, -0.15) is 4.37 Å². The molecule has 0 N–H and O–H groups in total. The van der Waals surface area contributed by atoms with Gasteiger partial charge in [-0.3, -0.25) is 0 Å². The molecule has 1 aliphatic rings. The average Bonchev–Trinajstić information content (AvgIpc) is 3.22. The van der Waals surface area contributed by atoms with E-state index in [0.717, 1.165) is 32.2 Å². The maximum absolute atomic E-state index is 5.89. The SMILES string of the molecule is Clc1ccc(CSc2nc(-c3ccc4c(c3)OCO4)ns2)cc1. The molecule has 7 heteroatoms. The number of nitrogens with zero attached hydrogens (tertiary/aromatic N) is 2. The monoisotopic (exact) mass is 362 g/mol. The van der Waals surface area contributed by atoms with Crippen LogP contribution in [0.2, 0.25) is 5.02 Å². The van der Waals surface area contributed by atoms with Gasteiger partial charge in [0.25, 0.3) is 0 Å². The second-order valence-electron chi connectivity index (χ2n) is 4.87. The standard InChI is InChI=1S/C16H11ClN2O2S2/c17-12-4-1-10(2-5-12)8-22-16-18-15(19-23-16)11-3-6-13-14(7-11)21-9-20-13/h1-7H,8-9H2. The van der Waals surface area contributed by atoms with Crippen molar-refractivity contribution >= 4 is 34.9 Å². The zero-order valence-corrected chi connectivity index (χ0v) is 14.2. The Morgan fingerprint density at radius 3 is 2.78 bits per heavy atom. The van der Waals surface area contributed by atoms with Crippen LogP contribution in [0.5, 0.6) is 11.5 Å². The third kappa shape index (κ3) is 3.29. The molecule has 0 fully saturated rings. The molecule has 2 aromatic carbocycles. The highest BCUT2D eigenvalue weighted by atomic mass is 35.5. The minimum Gasteiger partial charge on any atom is -0.454 e. The van der Waals surface area contributed by atoms with Crippen molar-refractivity contribution < 1.29 is 9.47 Å². The van der Waals surface area contributed by atoms with Crippen LogP contribution in [0.4, 0.5) is 0 Å². The first-order valence-corrected chi connectivity index (χ1v) is 9.02. The molecule has 0 radical (unpaired) electrons. The lowest BCUT2D eigenvalue weighted by Crippen LogP contribution is -1.92. The zero-order chi connectivity index (χ0) is 15.6. The Kier molecular flexibility index (Phi) is 4.11. The number of benzene rings is 2. The fraction of sp³-hybridized carbons (Fsp3) is 0.125. The van der Waals surface area contributed by atoms with Gasteiger partial charge in [0, 0.05) is 16.3 Å². The van der Waals surface area contributed by atoms with Gasteiger partial charge in [-0.1, -0.05) is 35.5 Å². The number of aromatic nitrogens is 2. The lowest BCUT2D eigenvalue weighted by Gasteiger charge is -1.99. The lowest BCUT2D eigenvalue weighted by atomic mass is 10.2. The van der Waals surface area contributed by atoms with Crippen LogP contribution in [-0.4, -0.2) is 16.2 Å². The highest BCUT2D eigenvalue weighted by molar-refractivity contribution is 8.00. The summed E-state index contributed by atoms with van der Waals surface area (Å²) in [4.78, 5) is 4.59. The number of fused-ring (bicyclic) bond motifs is 1. The van der Waals surface area contributed by atoms with Crippen LogP contribution in [0.3, 0.4) is 0 Å². The molecule has 4 nitrogen and oxygen atoms in total. The number of hydrogen-bond donors (Lipinski definition) is 0. The molecule has 0 aliphatic carbocycles. The Balaban J connectivity index is 1.47. The topological polar surface area (TPSA) is 44.2 Å². The first-order chi connectivity index (χ1) is 11.3. The van der Waals surface area contributed by atoms with E-state index in [1.807, 2.05) is 42.5 Å². The molecular formula is C16H11ClN2O2S2. The molecular weight excluding hydrogens is 352 g/mol. The maximum atomic E-state index is 5.89. The molecule has 1 aromatic heterocycles. The summed E-state index contributed by atoms with van der Waals surface area (Å²) in [5, 5.41) is 0.750. The molecule has 0 bridgehead atoms. The van der Waals surface area contributed by atoms with E-state index in [2.05, 4.69) is 9.36 Å². The molecule has 0 unspecified atom stereocenters. The van der Waals surface area contributed by atoms with E-state index in [-0.39, 0.29) is 6.79 Å². The van der Waals surface area contributed by atoms with Crippen molar-refractivity contribution in [2.75, 3.05) is 6.79 Å². The molecule has 1 aliphatic heterocycles. The molecule has 0 saturated heterocycles. The van der Waals surface area contributed by atoms with Crippen LogP contribution in [0.15, 0.2) is 46.8 Å². The van der Waals surface area contributed by atoms with Crippen molar-refractivity contribution in [1.29, 1.82) is 0 Å². The van der Waals surface area contributed by atoms with Crippen LogP contribution < -0.4 is 9.47 Å². The highest BCUT2D eigenvalue weighted by Crippen LogP contribution is 2.36. The van der Waals surface area contributed by atoms with Crippen molar-refractivity contribution in [2.24, 2.45) is 0 Å². The molecule has 0 saturated carbocycles. The second kappa shape index (κ2) is 6.39. The summed E-state index contributed by atoms with van der Waals surface area (Å²) < 4.78 is 16.1. The summed E-state index contributed by atoms with van der Waals surface area (Å²) in [7, 11) is 0. The molecule has 0 atom stereocenters. The van der Waals surface area contributed by atoms with E-state index >= 15 is 0 Å². The average molecular weight is 363 g/mol. The Labute approximate surface area is 146 Å². The number of rotatable bonds is 4. The summed E-state index contributed by atoms with van der Waals surface area (Å²) in [6.45, 7) is 0.269. The number of hydrogen-bond acceptors (Lipinski definition) is 6. The number of thioether (sulfide) groups is 1. The van der Waals surface area contributed by atoms with Gasteiger partial charge in [0.05, 0.1) is 0 Å². The Bertz CT molecular complexity index is 836. The van der Waals surface area contributed by atoms with Crippen molar-refractivity contribution in [2.45, 2.75) is 10.1 Å². The molecule has 2 heterocycles. The molecule has 4 rings (SSSR count). The van der Waals surface area contributed by atoms with Gasteiger partial charge in [0.1, 0.15) is 0 Å². The summed E-state index contributed by atoms with van der Waals surface area (Å²) in [5.41, 5.74) is 2.14. The normalized spacial score (nSPS) is 12.6. The first-order valence-electron chi connectivity index (χ1n) is 6.89. The maximum Gasteiger partial charge on any atom is 0.231 e. The van der Waals surface area contributed by atoms with Gasteiger partial charge in [-0.05, 0) is 47.4 Å². The Morgan fingerprint density at radius 1 is 1.09 bits per heavy atom. The fourth-order valence-electron chi connectivity index (χ4n) is 2.15. The summed E-state index contributed by atoms with van der Waals surface area (Å²) >= 11 is 8.96. The van der Waals surface area contributed by atoms with Gasteiger partial charge < -0.3 is 9.47 Å². The lowest BCUT2D eigenvalue weighted by molar-refractivity contribution is 0.174. The van der Waals surface area contributed by atoms with Gasteiger partial charge in [0.15, 0.2) is 21.7 Å². The van der Waals surface area contributed by atoms with Gasteiger partial charge in [-0.25, -0.2) is 4.98 Å². The smallest absolute Gasteiger partial charge is 0.231 e. The van der Waals surface area contributed by atoms with Crippen LogP contribution in [0, 0.1) is 0 Å². The first kappa shape index (κ1) is 14.8. The molecule has 116 valence electrons. The van der Waals surface area contributed by atoms with Crippen LogP contribution in [-0.2, 0) is 5.75 Å². The quantitative estimate of drug-likeness (QED) is 0.619. The van der Waals surface area contributed by atoms with E-state index in [9.17, 15) is 0 Å². The van der Waals surface area contributed by atoms with Gasteiger partial charge in [-0.15, -0.1) is 0 Å². The summed E-state index contributed by atoms with van der Waals surface area (Å²) in [6, 6.07) is 13.6. The van der Waals surface area contributed by atoms with E-state index in [1.54, 1.807) is 11.8 Å². The largest absolute Gasteiger partial charge is 0.454 e. The van der Waals surface area contributed by atoms with E-state index < -0.39 is 0 Å². The Hall–Kier alpha value is -1.76. The van der Waals surface area contributed by atoms with Crippen molar-refractivity contribution in [3.63, 3.8) is 0 Å². The molecule has 0 spiro atoms. The van der Waals surface area contributed by atoms with E-state index in [1.165, 1.54) is 17.1 Å². The van der Waals surface area contributed by atoms with E-state index in [0.29, 0.717) is 5.82 Å².